The number of aromatic nitrogens is 1. The number of nitrogens with one attached hydrogen (secondary N) is 1. The molecule has 1 aromatic carbocycles. The molecule has 5 heteroatoms. The number of piperidine rings is 1. The summed E-state index contributed by atoms with van der Waals surface area (Å²) in [5.41, 5.74) is 2.10. The van der Waals surface area contributed by atoms with E-state index in [1.54, 1.807) is 6.07 Å². The Morgan fingerprint density at radius 2 is 1.96 bits per heavy atom. The predicted molar refractivity (Wildman–Crippen MR) is 104 cm³/mol. The van der Waals surface area contributed by atoms with Crippen molar-refractivity contribution in [2.24, 2.45) is 0 Å². The lowest BCUT2D eigenvalue weighted by Crippen LogP contribution is -2.43. The summed E-state index contributed by atoms with van der Waals surface area (Å²) in [7, 11) is 0. The van der Waals surface area contributed by atoms with Gasteiger partial charge in [0.05, 0.1) is 13.2 Å². The number of aromatic amines is 1. The molecule has 5 nitrogen and oxygen atoms in total. The highest BCUT2D eigenvalue weighted by Gasteiger charge is 2.24. The van der Waals surface area contributed by atoms with Gasteiger partial charge >= 0.3 is 0 Å². The fraction of sp³-hybridized carbons (Fsp3) is 0.571. The third kappa shape index (κ3) is 4.17. The van der Waals surface area contributed by atoms with Crippen LogP contribution in [-0.2, 0) is 11.3 Å². The van der Waals surface area contributed by atoms with Gasteiger partial charge in [-0.25, -0.2) is 0 Å². The second kappa shape index (κ2) is 8.33. The molecule has 2 saturated heterocycles. The van der Waals surface area contributed by atoms with E-state index in [0.29, 0.717) is 6.04 Å². The van der Waals surface area contributed by atoms with Gasteiger partial charge in [-0.3, -0.25) is 14.6 Å². The monoisotopic (exact) mass is 355 g/mol. The molecule has 0 aliphatic carbocycles. The molecule has 3 heterocycles. The van der Waals surface area contributed by atoms with E-state index in [0.717, 1.165) is 62.5 Å². The molecule has 140 valence electrons. The van der Waals surface area contributed by atoms with Crippen molar-refractivity contribution in [3.63, 3.8) is 0 Å². The number of morpholine rings is 1. The average molecular weight is 355 g/mol. The van der Waals surface area contributed by atoms with Crippen LogP contribution in [0.4, 0.5) is 0 Å². The first-order chi connectivity index (χ1) is 12.8. The van der Waals surface area contributed by atoms with Crippen LogP contribution in [0, 0.1) is 0 Å². The Balaban J connectivity index is 1.43. The molecule has 1 aromatic heterocycles. The molecule has 2 aliphatic heterocycles. The van der Waals surface area contributed by atoms with Crippen LogP contribution in [-0.4, -0.2) is 60.2 Å². The topological polar surface area (TPSA) is 48.6 Å². The molecule has 2 aliphatic rings. The standard InChI is InChI=1S/C21H29N3O2/c25-21-15-17(22-20-7-2-1-6-19(20)21)16-24-9-4-3-5-18(24)8-10-23-11-13-26-14-12-23/h1-2,6-7,15,18H,3-5,8-14,16H2,(H,22,25)/t18-/m1/s1. The van der Waals surface area contributed by atoms with Crippen molar-refractivity contribution in [1.82, 2.24) is 14.8 Å². The molecule has 0 amide bonds. The summed E-state index contributed by atoms with van der Waals surface area (Å²) >= 11 is 0. The van der Waals surface area contributed by atoms with E-state index >= 15 is 0 Å². The number of para-hydroxylation sites is 1. The first-order valence-electron chi connectivity index (χ1n) is 9.95. The van der Waals surface area contributed by atoms with E-state index < -0.39 is 0 Å². The molecule has 0 saturated carbocycles. The largest absolute Gasteiger partial charge is 0.379 e. The number of ether oxygens (including phenoxy) is 1. The molecular weight excluding hydrogens is 326 g/mol. The lowest BCUT2D eigenvalue weighted by molar-refractivity contribution is 0.0301. The predicted octanol–water partition coefficient (Wildman–Crippen LogP) is 2.60. The molecule has 1 N–H and O–H groups in total. The Morgan fingerprint density at radius 1 is 1.12 bits per heavy atom. The molecule has 26 heavy (non-hydrogen) atoms. The number of hydrogen-bond donors (Lipinski definition) is 1. The summed E-state index contributed by atoms with van der Waals surface area (Å²) in [6, 6.07) is 10.2. The number of fused-ring (bicyclic) bond motifs is 1. The lowest BCUT2D eigenvalue weighted by Gasteiger charge is -2.37. The second-order valence-electron chi connectivity index (χ2n) is 7.57. The van der Waals surface area contributed by atoms with Crippen molar-refractivity contribution in [3.8, 4) is 0 Å². The first kappa shape index (κ1) is 17.7. The Hall–Kier alpha value is -1.69. The minimum Gasteiger partial charge on any atom is -0.379 e. The molecule has 0 radical (unpaired) electrons. The molecule has 1 atom stereocenters. The van der Waals surface area contributed by atoms with E-state index in [1.807, 2.05) is 24.3 Å². The zero-order chi connectivity index (χ0) is 17.8. The van der Waals surface area contributed by atoms with Gasteiger partial charge in [-0.2, -0.15) is 0 Å². The Morgan fingerprint density at radius 3 is 2.85 bits per heavy atom. The fourth-order valence-corrected chi connectivity index (χ4v) is 4.31. The van der Waals surface area contributed by atoms with Crippen molar-refractivity contribution in [3.05, 3.63) is 46.2 Å². The average Bonchev–Trinajstić information content (AvgIpc) is 2.68. The van der Waals surface area contributed by atoms with E-state index in [9.17, 15) is 4.79 Å². The maximum atomic E-state index is 12.4. The van der Waals surface area contributed by atoms with Crippen LogP contribution in [0.1, 0.15) is 31.4 Å². The van der Waals surface area contributed by atoms with Crippen LogP contribution in [0.5, 0.6) is 0 Å². The highest BCUT2D eigenvalue weighted by Crippen LogP contribution is 2.22. The van der Waals surface area contributed by atoms with Gasteiger partial charge in [-0.05, 0) is 44.5 Å². The van der Waals surface area contributed by atoms with Crippen LogP contribution in [0.3, 0.4) is 0 Å². The van der Waals surface area contributed by atoms with Gasteiger partial charge in [0.1, 0.15) is 0 Å². The van der Waals surface area contributed by atoms with Crippen LogP contribution >= 0.6 is 0 Å². The number of rotatable bonds is 5. The van der Waals surface area contributed by atoms with Crippen LogP contribution in [0.2, 0.25) is 0 Å². The summed E-state index contributed by atoms with van der Waals surface area (Å²) in [5, 5.41) is 0.777. The summed E-state index contributed by atoms with van der Waals surface area (Å²) in [4.78, 5) is 21.0. The van der Waals surface area contributed by atoms with Crippen molar-refractivity contribution < 1.29 is 4.74 Å². The smallest absolute Gasteiger partial charge is 0.189 e. The SMILES string of the molecule is O=c1cc(CN2CCCC[C@@H]2CCN2CCOCC2)[nH]c2ccccc12. The Labute approximate surface area is 154 Å². The number of pyridine rings is 1. The normalized spacial score (nSPS) is 22.7. The van der Waals surface area contributed by atoms with Crippen molar-refractivity contribution >= 4 is 10.9 Å². The summed E-state index contributed by atoms with van der Waals surface area (Å²) in [6.07, 6.45) is 5.05. The van der Waals surface area contributed by atoms with Gasteiger partial charge < -0.3 is 9.72 Å². The van der Waals surface area contributed by atoms with Gasteiger partial charge in [-0.15, -0.1) is 0 Å². The van der Waals surface area contributed by atoms with Crippen molar-refractivity contribution in [1.29, 1.82) is 0 Å². The van der Waals surface area contributed by atoms with E-state index in [-0.39, 0.29) is 5.43 Å². The number of benzene rings is 1. The summed E-state index contributed by atoms with van der Waals surface area (Å²) in [5.74, 6) is 0. The molecule has 4 rings (SSSR count). The van der Waals surface area contributed by atoms with Gasteiger partial charge in [0.15, 0.2) is 5.43 Å². The van der Waals surface area contributed by atoms with Gasteiger partial charge in [0, 0.05) is 48.3 Å². The van der Waals surface area contributed by atoms with E-state index in [1.165, 1.54) is 25.7 Å². The van der Waals surface area contributed by atoms with Gasteiger partial charge in [0.25, 0.3) is 0 Å². The van der Waals surface area contributed by atoms with Crippen LogP contribution < -0.4 is 5.43 Å². The third-order valence-corrected chi connectivity index (χ3v) is 5.80. The van der Waals surface area contributed by atoms with Crippen molar-refractivity contribution in [2.75, 3.05) is 39.4 Å². The lowest BCUT2D eigenvalue weighted by atomic mass is 9.98. The van der Waals surface area contributed by atoms with Crippen LogP contribution in [0.25, 0.3) is 10.9 Å². The van der Waals surface area contributed by atoms with E-state index in [2.05, 4.69) is 14.8 Å². The molecule has 0 spiro atoms. The second-order valence-corrected chi connectivity index (χ2v) is 7.57. The Kier molecular flexibility index (Phi) is 5.68. The Bertz CT molecular complexity index is 782. The first-order valence-corrected chi connectivity index (χ1v) is 9.95. The molecule has 2 fully saturated rings. The number of hydrogen-bond acceptors (Lipinski definition) is 4. The maximum absolute atomic E-state index is 12.4. The fourth-order valence-electron chi connectivity index (χ4n) is 4.31. The van der Waals surface area contributed by atoms with Crippen LogP contribution in [0.15, 0.2) is 35.1 Å². The zero-order valence-corrected chi connectivity index (χ0v) is 15.5. The quantitative estimate of drug-likeness (QED) is 0.896. The minimum atomic E-state index is 0.122. The number of nitrogens with zero attached hydrogens (tertiary/aromatic N) is 2. The maximum Gasteiger partial charge on any atom is 0.189 e. The molecule has 0 bridgehead atoms. The number of likely N-dealkylation sites (tertiary alicyclic amines) is 1. The molecule has 0 unspecified atom stereocenters. The highest BCUT2D eigenvalue weighted by atomic mass is 16.5. The van der Waals surface area contributed by atoms with Gasteiger partial charge in [0.2, 0.25) is 0 Å². The minimum absolute atomic E-state index is 0.122. The van der Waals surface area contributed by atoms with E-state index in [4.69, 9.17) is 4.74 Å². The summed E-state index contributed by atoms with van der Waals surface area (Å²) in [6.45, 7) is 6.98. The number of H-pyrrole nitrogens is 1. The zero-order valence-electron chi connectivity index (χ0n) is 15.5. The summed E-state index contributed by atoms with van der Waals surface area (Å²) < 4.78 is 5.45. The molecular formula is C21H29N3O2. The third-order valence-electron chi connectivity index (χ3n) is 5.80. The van der Waals surface area contributed by atoms with Crippen molar-refractivity contribution in [2.45, 2.75) is 38.3 Å². The highest BCUT2D eigenvalue weighted by molar-refractivity contribution is 5.78. The van der Waals surface area contributed by atoms with Gasteiger partial charge in [-0.1, -0.05) is 18.6 Å². The molecule has 2 aromatic rings.